The van der Waals surface area contributed by atoms with Gasteiger partial charge < -0.3 is 10.1 Å². The number of nitrogens with zero attached hydrogens (tertiary/aromatic N) is 1. The maximum absolute atomic E-state index is 12.2. The van der Waals surface area contributed by atoms with Gasteiger partial charge in [0.2, 0.25) is 0 Å². The van der Waals surface area contributed by atoms with Gasteiger partial charge in [-0.1, -0.05) is 0 Å². The van der Waals surface area contributed by atoms with Crippen molar-refractivity contribution in [2.75, 3.05) is 26.2 Å². The first-order valence-electron chi connectivity index (χ1n) is 7.21. The first-order valence-corrected chi connectivity index (χ1v) is 8.65. The average molecular weight is 305 g/mol. The predicted molar refractivity (Wildman–Crippen MR) is 74.3 cm³/mol. The lowest BCUT2D eigenvalue weighted by Gasteiger charge is -2.22. The second-order valence-electron chi connectivity index (χ2n) is 5.15. The lowest BCUT2D eigenvalue weighted by Crippen LogP contribution is -2.48. The highest BCUT2D eigenvalue weighted by Crippen LogP contribution is 2.21. The Kier molecular flexibility index (Phi) is 5.36. The molecule has 2 fully saturated rings. The molecule has 1 atom stereocenters. The van der Waals surface area contributed by atoms with Crippen LogP contribution in [-0.4, -0.2) is 57.0 Å². The lowest BCUT2D eigenvalue weighted by molar-refractivity contribution is -0.146. The number of ether oxygens (including phenoxy) is 1. The van der Waals surface area contributed by atoms with Crippen molar-refractivity contribution in [1.82, 2.24) is 14.3 Å². The zero-order valence-electron chi connectivity index (χ0n) is 11.8. The molecule has 116 valence electrons. The van der Waals surface area contributed by atoms with E-state index >= 15 is 0 Å². The summed E-state index contributed by atoms with van der Waals surface area (Å²) < 4.78 is 33.1. The van der Waals surface area contributed by atoms with E-state index < -0.39 is 22.2 Å². The summed E-state index contributed by atoms with van der Waals surface area (Å²) in [6, 6.07) is -0.123. The summed E-state index contributed by atoms with van der Waals surface area (Å²) in [6.07, 6.45) is 3.55. The highest BCUT2D eigenvalue weighted by molar-refractivity contribution is 7.87. The molecule has 0 aromatic rings. The molecule has 1 saturated carbocycles. The number of carbonyl (C=O) groups is 1. The van der Waals surface area contributed by atoms with Crippen molar-refractivity contribution in [2.45, 2.75) is 44.7 Å². The van der Waals surface area contributed by atoms with Gasteiger partial charge in [-0.05, 0) is 32.6 Å². The Hall–Kier alpha value is -0.700. The van der Waals surface area contributed by atoms with E-state index in [9.17, 15) is 13.2 Å². The van der Waals surface area contributed by atoms with E-state index in [-0.39, 0.29) is 6.61 Å². The van der Waals surface area contributed by atoms with Crippen molar-refractivity contribution in [2.24, 2.45) is 0 Å². The molecule has 1 heterocycles. The van der Waals surface area contributed by atoms with Crippen LogP contribution in [0.4, 0.5) is 0 Å². The molecule has 2 rings (SSSR count). The highest BCUT2D eigenvalue weighted by Gasteiger charge is 2.39. The summed E-state index contributed by atoms with van der Waals surface area (Å²) >= 11 is 0. The second kappa shape index (κ2) is 6.84. The minimum Gasteiger partial charge on any atom is -0.465 e. The Morgan fingerprint density at radius 3 is 2.70 bits per heavy atom. The standard InChI is InChI=1S/C12H23N3O4S/c1-2-19-12(16)11-4-3-9-15(11)20(17,18)14-8-7-13-10-5-6-10/h10-11,13-14H,2-9H2,1H3. The summed E-state index contributed by atoms with van der Waals surface area (Å²) in [5, 5.41) is 3.24. The normalized spacial score (nSPS) is 23.9. The molecule has 1 unspecified atom stereocenters. The van der Waals surface area contributed by atoms with Gasteiger partial charge in [0.1, 0.15) is 6.04 Å². The largest absolute Gasteiger partial charge is 0.465 e. The van der Waals surface area contributed by atoms with Crippen LogP contribution in [0.1, 0.15) is 32.6 Å². The zero-order valence-corrected chi connectivity index (χ0v) is 12.6. The molecule has 7 nitrogen and oxygen atoms in total. The summed E-state index contributed by atoms with van der Waals surface area (Å²) in [5.74, 6) is -0.452. The number of carbonyl (C=O) groups excluding carboxylic acids is 1. The van der Waals surface area contributed by atoms with Gasteiger partial charge >= 0.3 is 5.97 Å². The van der Waals surface area contributed by atoms with Crippen molar-refractivity contribution in [3.8, 4) is 0 Å². The molecule has 0 radical (unpaired) electrons. The summed E-state index contributed by atoms with van der Waals surface area (Å²) in [4.78, 5) is 11.8. The van der Waals surface area contributed by atoms with E-state index in [0.29, 0.717) is 38.5 Å². The molecule has 2 aliphatic rings. The fourth-order valence-corrected chi connectivity index (χ4v) is 3.75. The highest BCUT2D eigenvalue weighted by atomic mass is 32.2. The fourth-order valence-electron chi connectivity index (χ4n) is 2.33. The molecule has 0 bridgehead atoms. The van der Waals surface area contributed by atoms with E-state index in [1.54, 1.807) is 6.92 Å². The van der Waals surface area contributed by atoms with E-state index in [1.165, 1.54) is 17.1 Å². The molecule has 1 aliphatic carbocycles. The molecule has 0 amide bonds. The minimum absolute atomic E-state index is 0.266. The molecule has 2 N–H and O–H groups in total. The van der Waals surface area contributed by atoms with Crippen molar-refractivity contribution in [1.29, 1.82) is 0 Å². The number of nitrogens with one attached hydrogen (secondary N) is 2. The third-order valence-electron chi connectivity index (χ3n) is 3.49. The van der Waals surface area contributed by atoms with Crippen LogP contribution in [0.5, 0.6) is 0 Å². The van der Waals surface area contributed by atoms with Gasteiger partial charge in [-0.2, -0.15) is 12.7 Å². The van der Waals surface area contributed by atoms with Crippen LogP contribution in [-0.2, 0) is 19.7 Å². The summed E-state index contributed by atoms with van der Waals surface area (Å²) in [6.45, 7) is 3.30. The molecule has 0 aromatic heterocycles. The third kappa shape index (κ3) is 4.15. The van der Waals surface area contributed by atoms with E-state index in [1.807, 2.05) is 0 Å². The van der Waals surface area contributed by atoms with Crippen LogP contribution in [0.25, 0.3) is 0 Å². The fraction of sp³-hybridized carbons (Fsp3) is 0.917. The van der Waals surface area contributed by atoms with Crippen LogP contribution in [0.15, 0.2) is 0 Å². The van der Waals surface area contributed by atoms with Gasteiger partial charge in [0.05, 0.1) is 6.61 Å². The van der Waals surface area contributed by atoms with Crippen LogP contribution in [0, 0.1) is 0 Å². The Bertz CT molecular complexity index is 436. The maximum Gasteiger partial charge on any atom is 0.324 e. The van der Waals surface area contributed by atoms with E-state index in [0.717, 1.165) is 0 Å². The monoisotopic (exact) mass is 305 g/mol. The smallest absolute Gasteiger partial charge is 0.324 e. The van der Waals surface area contributed by atoms with E-state index in [2.05, 4.69) is 10.0 Å². The Morgan fingerprint density at radius 1 is 1.30 bits per heavy atom. The zero-order chi connectivity index (χ0) is 14.6. The quantitative estimate of drug-likeness (QED) is 0.471. The Balaban J connectivity index is 1.84. The van der Waals surface area contributed by atoms with E-state index in [4.69, 9.17) is 4.74 Å². The van der Waals surface area contributed by atoms with Gasteiger partial charge in [-0.3, -0.25) is 4.79 Å². The van der Waals surface area contributed by atoms with Gasteiger partial charge in [0, 0.05) is 25.7 Å². The second-order valence-corrected chi connectivity index (χ2v) is 6.86. The Labute approximate surface area is 120 Å². The molecular weight excluding hydrogens is 282 g/mol. The molecule has 1 aliphatic heterocycles. The van der Waals surface area contributed by atoms with Crippen LogP contribution < -0.4 is 10.0 Å². The van der Waals surface area contributed by atoms with Crippen molar-refractivity contribution in [3.63, 3.8) is 0 Å². The maximum atomic E-state index is 12.2. The number of esters is 1. The van der Waals surface area contributed by atoms with Crippen LogP contribution >= 0.6 is 0 Å². The summed E-state index contributed by atoms with van der Waals surface area (Å²) in [7, 11) is -3.61. The average Bonchev–Trinajstić information content (AvgIpc) is 3.07. The van der Waals surface area contributed by atoms with Crippen LogP contribution in [0.3, 0.4) is 0 Å². The first-order chi connectivity index (χ1) is 9.54. The molecule has 0 spiro atoms. The van der Waals surface area contributed by atoms with Crippen molar-refractivity contribution < 1.29 is 17.9 Å². The predicted octanol–water partition coefficient (Wildman–Crippen LogP) is -0.400. The molecule has 8 heteroatoms. The van der Waals surface area contributed by atoms with Crippen molar-refractivity contribution in [3.05, 3.63) is 0 Å². The Morgan fingerprint density at radius 2 is 2.05 bits per heavy atom. The van der Waals surface area contributed by atoms with Crippen LogP contribution in [0.2, 0.25) is 0 Å². The summed E-state index contributed by atoms with van der Waals surface area (Å²) in [5.41, 5.74) is 0. The first kappa shape index (κ1) is 15.7. The van der Waals surface area contributed by atoms with Gasteiger partial charge in [0.25, 0.3) is 10.2 Å². The molecular formula is C12H23N3O4S. The number of rotatable bonds is 8. The number of hydrogen-bond donors (Lipinski definition) is 2. The lowest BCUT2D eigenvalue weighted by atomic mass is 10.2. The number of hydrogen-bond acceptors (Lipinski definition) is 5. The van der Waals surface area contributed by atoms with Crippen molar-refractivity contribution >= 4 is 16.2 Å². The van der Waals surface area contributed by atoms with Gasteiger partial charge in [0.15, 0.2) is 0 Å². The topological polar surface area (TPSA) is 87.7 Å². The minimum atomic E-state index is -3.61. The van der Waals surface area contributed by atoms with Gasteiger partial charge in [-0.25, -0.2) is 4.72 Å². The third-order valence-corrected chi connectivity index (χ3v) is 5.11. The SMILES string of the molecule is CCOC(=O)C1CCCN1S(=O)(=O)NCCNC1CC1. The molecule has 0 aromatic carbocycles. The van der Waals surface area contributed by atoms with Gasteiger partial charge in [-0.15, -0.1) is 0 Å². The molecule has 20 heavy (non-hydrogen) atoms. The molecule has 1 saturated heterocycles.